The zero-order valence-corrected chi connectivity index (χ0v) is 17.4. The number of sulfonamides is 1. The summed E-state index contributed by atoms with van der Waals surface area (Å²) in [5.74, 6) is -0.315. The maximum atomic E-state index is 12.7. The molecule has 9 nitrogen and oxygen atoms in total. The maximum Gasteiger partial charge on any atom is 0.308 e. The summed E-state index contributed by atoms with van der Waals surface area (Å²) in [6.07, 6.45) is 1.01. The lowest BCUT2D eigenvalue weighted by Crippen LogP contribution is -2.46. The van der Waals surface area contributed by atoms with E-state index in [9.17, 15) is 18.0 Å². The molecule has 3 rings (SSSR count). The first-order valence-electron chi connectivity index (χ1n) is 9.29. The van der Waals surface area contributed by atoms with Gasteiger partial charge in [0, 0.05) is 31.6 Å². The Bertz CT molecular complexity index is 1000. The van der Waals surface area contributed by atoms with Crippen molar-refractivity contribution in [2.75, 3.05) is 13.1 Å². The minimum absolute atomic E-state index is 0.179. The van der Waals surface area contributed by atoms with Crippen molar-refractivity contribution in [2.45, 2.75) is 44.6 Å². The lowest BCUT2D eigenvalue weighted by molar-refractivity contribution is -0.131. The number of carbonyl (C=O) groups is 2. The fourth-order valence-electron chi connectivity index (χ4n) is 3.46. The average Bonchev–Trinajstić information content (AvgIpc) is 3.00. The van der Waals surface area contributed by atoms with Gasteiger partial charge in [0.1, 0.15) is 10.6 Å². The number of esters is 1. The first-order chi connectivity index (χ1) is 13.7. The van der Waals surface area contributed by atoms with Crippen LogP contribution < -0.4 is 9.46 Å². The van der Waals surface area contributed by atoms with Gasteiger partial charge in [0.25, 0.3) is 5.91 Å². The van der Waals surface area contributed by atoms with Crippen molar-refractivity contribution in [3.63, 3.8) is 0 Å². The van der Waals surface area contributed by atoms with Crippen LogP contribution in [-0.2, 0) is 14.8 Å². The molecule has 0 unspecified atom stereocenters. The smallest absolute Gasteiger partial charge is 0.308 e. The van der Waals surface area contributed by atoms with E-state index >= 15 is 0 Å². The first-order valence-corrected chi connectivity index (χ1v) is 10.8. The zero-order chi connectivity index (χ0) is 21.2. The van der Waals surface area contributed by atoms with Crippen molar-refractivity contribution in [3.8, 4) is 5.75 Å². The molecule has 1 aliphatic rings. The number of benzene rings is 1. The van der Waals surface area contributed by atoms with Crippen LogP contribution in [0.5, 0.6) is 5.75 Å². The first kappa shape index (κ1) is 21.0. The fraction of sp³-hybridized carbons (Fsp3) is 0.421. The van der Waals surface area contributed by atoms with E-state index in [4.69, 9.17) is 4.74 Å². The summed E-state index contributed by atoms with van der Waals surface area (Å²) >= 11 is 0. The molecule has 2 aromatic rings. The number of likely N-dealkylation sites (tertiary alicyclic amines) is 1. The number of rotatable bonds is 5. The van der Waals surface area contributed by atoms with Crippen molar-refractivity contribution in [1.82, 2.24) is 19.8 Å². The van der Waals surface area contributed by atoms with Crippen LogP contribution in [0.4, 0.5) is 0 Å². The Balaban J connectivity index is 1.62. The van der Waals surface area contributed by atoms with Crippen LogP contribution in [0.3, 0.4) is 0 Å². The Morgan fingerprint density at radius 2 is 1.93 bits per heavy atom. The molecular formula is C19H24N4O5S. The van der Waals surface area contributed by atoms with Crippen LogP contribution in [0.1, 0.15) is 41.5 Å². The maximum absolute atomic E-state index is 12.7. The second-order valence-corrected chi connectivity index (χ2v) is 8.72. The summed E-state index contributed by atoms with van der Waals surface area (Å²) < 4.78 is 33.1. The SMILES string of the molecule is CC(=O)Oc1cccc(C(=O)N2CCC(NS(=O)(=O)c3c(C)n[nH]c3C)CC2)c1. The largest absolute Gasteiger partial charge is 0.427 e. The molecular weight excluding hydrogens is 396 g/mol. The van der Waals surface area contributed by atoms with Crippen LogP contribution in [0, 0.1) is 13.8 Å². The number of nitrogens with zero attached hydrogens (tertiary/aromatic N) is 2. The lowest BCUT2D eigenvalue weighted by Gasteiger charge is -2.32. The molecule has 156 valence electrons. The monoisotopic (exact) mass is 420 g/mol. The van der Waals surface area contributed by atoms with Gasteiger partial charge in [0.2, 0.25) is 10.0 Å². The Morgan fingerprint density at radius 1 is 1.24 bits per heavy atom. The van der Waals surface area contributed by atoms with Crippen molar-refractivity contribution in [3.05, 3.63) is 41.2 Å². The van der Waals surface area contributed by atoms with Crippen LogP contribution in [-0.4, -0.2) is 54.5 Å². The average molecular weight is 420 g/mol. The summed E-state index contributed by atoms with van der Waals surface area (Å²) in [4.78, 5) is 25.7. The predicted octanol–water partition coefficient (Wildman–Crippen LogP) is 1.53. The molecule has 0 radical (unpaired) electrons. The fourth-order valence-corrected chi connectivity index (χ4v) is 5.13. The molecule has 1 fully saturated rings. The molecule has 10 heteroatoms. The van der Waals surface area contributed by atoms with E-state index in [2.05, 4.69) is 14.9 Å². The van der Waals surface area contributed by atoms with E-state index in [1.54, 1.807) is 36.9 Å². The lowest BCUT2D eigenvalue weighted by atomic mass is 10.0. The summed E-state index contributed by atoms with van der Waals surface area (Å²) in [5, 5.41) is 6.62. The summed E-state index contributed by atoms with van der Waals surface area (Å²) in [7, 11) is -3.68. The summed E-state index contributed by atoms with van der Waals surface area (Å²) in [6, 6.07) is 6.20. The number of aryl methyl sites for hydroxylation is 2. The van der Waals surface area contributed by atoms with E-state index in [-0.39, 0.29) is 16.8 Å². The summed E-state index contributed by atoms with van der Waals surface area (Å²) in [5.41, 5.74) is 1.35. The number of hydrogen-bond donors (Lipinski definition) is 2. The van der Waals surface area contributed by atoms with E-state index in [0.29, 0.717) is 48.6 Å². The number of H-pyrrole nitrogens is 1. The molecule has 1 amide bonds. The van der Waals surface area contributed by atoms with Gasteiger partial charge < -0.3 is 9.64 Å². The van der Waals surface area contributed by atoms with Crippen LogP contribution in [0.25, 0.3) is 0 Å². The molecule has 0 atom stereocenters. The summed E-state index contributed by atoms with van der Waals surface area (Å²) in [6.45, 7) is 5.45. The Kier molecular flexibility index (Phi) is 6.04. The minimum atomic E-state index is -3.68. The predicted molar refractivity (Wildman–Crippen MR) is 105 cm³/mol. The Hall–Kier alpha value is -2.72. The Morgan fingerprint density at radius 3 is 2.52 bits per heavy atom. The van der Waals surface area contributed by atoms with E-state index in [1.165, 1.54) is 13.0 Å². The van der Waals surface area contributed by atoms with Gasteiger partial charge in [-0.05, 0) is 44.9 Å². The van der Waals surface area contributed by atoms with Crippen molar-refractivity contribution < 1.29 is 22.7 Å². The van der Waals surface area contributed by atoms with Crippen LogP contribution in [0.15, 0.2) is 29.2 Å². The molecule has 1 aliphatic heterocycles. The van der Waals surface area contributed by atoms with Gasteiger partial charge in [-0.1, -0.05) is 6.07 Å². The number of hydrogen-bond acceptors (Lipinski definition) is 6. The van der Waals surface area contributed by atoms with Crippen LogP contribution >= 0.6 is 0 Å². The highest BCUT2D eigenvalue weighted by atomic mass is 32.2. The number of piperidine rings is 1. The second kappa shape index (κ2) is 8.34. The van der Waals surface area contributed by atoms with Crippen LogP contribution in [0.2, 0.25) is 0 Å². The third kappa shape index (κ3) is 4.83. The molecule has 0 spiro atoms. The molecule has 0 saturated carbocycles. The number of amides is 1. The number of aromatic amines is 1. The molecule has 2 N–H and O–H groups in total. The third-order valence-corrected chi connectivity index (χ3v) is 6.56. The van der Waals surface area contributed by atoms with Gasteiger partial charge in [-0.15, -0.1) is 0 Å². The molecule has 0 bridgehead atoms. The highest BCUT2D eigenvalue weighted by molar-refractivity contribution is 7.89. The van der Waals surface area contributed by atoms with Gasteiger partial charge in [-0.3, -0.25) is 14.7 Å². The van der Waals surface area contributed by atoms with E-state index in [1.807, 2.05) is 0 Å². The second-order valence-electron chi connectivity index (χ2n) is 7.07. The van der Waals surface area contributed by atoms with E-state index in [0.717, 1.165) is 0 Å². The molecule has 1 saturated heterocycles. The van der Waals surface area contributed by atoms with Crippen molar-refractivity contribution in [1.29, 1.82) is 0 Å². The topological polar surface area (TPSA) is 121 Å². The normalized spacial score (nSPS) is 15.3. The molecule has 29 heavy (non-hydrogen) atoms. The minimum Gasteiger partial charge on any atom is -0.427 e. The van der Waals surface area contributed by atoms with Gasteiger partial charge in [-0.25, -0.2) is 13.1 Å². The molecule has 1 aromatic heterocycles. The van der Waals surface area contributed by atoms with Gasteiger partial charge in [0.05, 0.1) is 11.4 Å². The van der Waals surface area contributed by atoms with Gasteiger partial charge in [-0.2, -0.15) is 5.10 Å². The van der Waals surface area contributed by atoms with Crippen molar-refractivity contribution in [2.24, 2.45) is 0 Å². The number of aromatic nitrogens is 2. The number of ether oxygens (including phenoxy) is 1. The van der Waals surface area contributed by atoms with Gasteiger partial charge >= 0.3 is 5.97 Å². The van der Waals surface area contributed by atoms with Crippen molar-refractivity contribution >= 4 is 21.9 Å². The highest BCUT2D eigenvalue weighted by Gasteiger charge is 2.29. The molecule has 1 aromatic carbocycles. The molecule has 0 aliphatic carbocycles. The zero-order valence-electron chi connectivity index (χ0n) is 16.6. The quantitative estimate of drug-likeness (QED) is 0.559. The van der Waals surface area contributed by atoms with Gasteiger partial charge in [0.15, 0.2) is 0 Å². The highest BCUT2D eigenvalue weighted by Crippen LogP contribution is 2.21. The number of nitrogens with one attached hydrogen (secondary N) is 2. The Labute approximate surface area is 169 Å². The third-order valence-electron chi connectivity index (χ3n) is 4.78. The molecule has 2 heterocycles. The van der Waals surface area contributed by atoms with E-state index < -0.39 is 16.0 Å². The number of carbonyl (C=O) groups excluding carboxylic acids is 2. The standard InChI is InChI=1S/C19H24N4O5S/c1-12-18(13(2)21-20-12)29(26,27)22-16-7-9-23(10-8-16)19(25)15-5-4-6-17(11-15)28-14(3)24/h4-6,11,16,22H,7-10H2,1-3H3,(H,20,21).